The van der Waals surface area contributed by atoms with E-state index in [2.05, 4.69) is 15.4 Å². The van der Waals surface area contributed by atoms with E-state index < -0.39 is 0 Å². The van der Waals surface area contributed by atoms with Crippen LogP contribution in [0.25, 0.3) is 0 Å². The van der Waals surface area contributed by atoms with Crippen molar-refractivity contribution in [3.05, 3.63) is 41.9 Å². The van der Waals surface area contributed by atoms with E-state index in [-0.39, 0.29) is 5.91 Å². The minimum atomic E-state index is -0.0475. The summed E-state index contributed by atoms with van der Waals surface area (Å²) in [5.41, 5.74) is 1.77. The van der Waals surface area contributed by atoms with Crippen LogP contribution in [-0.2, 0) is 24.3 Å². The second-order valence-electron chi connectivity index (χ2n) is 5.78. The molecule has 24 heavy (non-hydrogen) atoms. The van der Waals surface area contributed by atoms with Gasteiger partial charge in [0.2, 0.25) is 11.8 Å². The summed E-state index contributed by atoms with van der Waals surface area (Å²) in [7, 11) is 3.98. The van der Waals surface area contributed by atoms with Crippen molar-refractivity contribution in [2.45, 2.75) is 26.4 Å². The SMILES string of the molecule is CCn1cc(CC(=O)NCc2cccnc2OCCN(C)C)cn1. The third-order valence-electron chi connectivity index (χ3n) is 3.48. The highest BCUT2D eigenvalue weighted by molar-refractivity contribution is 5.78. The van der Waals surface area contributed by atoms with Gasteiger partial charge in [0.15, 0.2) is 0 Å². The van der Waals surface area contributed by atoms with Crippen molar-refractivity contribution in [1.82, 2.24) is 25.0 Å². The molecule has 2 aromatic heterocycles. The quantitative estimate of drug-likeness (QED) is 0.745. The number of hydrogen-bond acceptors (Lipinski definition) is 5. The molecule has 0 saturated heterocycles. The number of hydrogen-bond donors (Lipinski definition) is 1. The zero-order valence-corrected chi connectivity index (χ0v) is 14.5. The Bertz CT molecular complexity index is 654. The van der Waals surface area contributed by atoms with Gasteiger partial charge in [-0.15, -0.1) is 0 Å². The Kier molecular flexibility index (Phi) is 6.74. The lowest BCUT2D eigenvalue weighted by molar-refractivity contribution is -0.120. The average Bonchev–Trinajstić information content (AvgIpc) is 3.01. The van der Waals surface area contributed by atoms with E-state index >= 15 is 0 Å². The molecule has 2 heterocycles. The number of carbonyl (C=O) groups excluding carboxylic acids is 1. The zero-order valence-electron chi connectivity index (χ0n) is 14.5. The lowest BCUT2D eigenvalue weighted by atomic mass is 10.2. The summed E-state index contributed by atoms with van der Waals surface area (Å²) in [4.78, 5) is 18.4. The summed E-state index contributed by atoms with van der Waals surface area (Å²) in [6.07, 6.45) is 5.62. The summed E-state index contributed by atoms with van der Waals surface area (Å²) in [6.45, 7) is 4.57. The fraction of sp³-hybridized carbons (Fsp3) is 0.471. The van der Waals surface area contributed by atoms with E-state index in [9.17, 15) is 4.79 Å². The highest BCUT2D eigenvalue weighted by atomic mass is 16.5. The van der Waals surface area contributed by atoms with Gasteiger partial charge in [0.05, 0.1) is 12.6 Å². The maximum Gasteiger partial charge on any atom is 0.224 e. The fourth-order valence-electron chi connectivity index (χ4n) is 2.13. The fourth-order valence-corrected chi connectivity index (χ4v) is 2.13. The third kappa shape index (κ3) is 5.66. The maximum absolute atomic E-state index is 12.1. The number of nitrogens with one attached hydrogen (secondary N) is 1. The molecule has 0 spiro atoms. The molecule has 2 rings (SSSR count). The predicted molar refractivity (Wildman–Crippen MR) is 91.7 cm³/mol. The third-order valence-corrected chi connectivity index (χ3v) is 3.48. The summed E-state index contributed by atoms with van der Waals surface area (Å²) < 4.78 is 7.50. The first kappa shape index (κ1) is 17.9. The van der Waals surface area contributed by atoms with Gasteiger partial charge < -0.3 is 15.0 Å². The Morgan fingerprint density at radius 2 is 2.25 bits per heavy atom. The van der Waals surface area contributed by atoms with E-state index in [4.69, 9.17) is 4.74 Å². The van der Waals surface area contributed by atoms with Gasteiger partial charge in [-0.2, -0.15) is 5.10 Å². The molecule has 0 aliphatic carbocycles. The van der Waals surface area contributed by atoms with Crippen LogP contribution in [0.4, 0.5) is 0 Å². The lowest BCUT2D eigenvalue weighted by Crippen LogP contribution is -2.25. The van der Waals surface area contributed by atoms with Crippen molar-refractivity contribution >= 4 is 5.91 Å². The second-order valence-corrected chi connectivity index (χ2v) is 5.78. The number of pyridine rings is 1. The Morgan fingerprint density at radius 1 is 1.42 bits per heavy atom. The zero-order chi connectivity index (χ0) is 17.4. The van der Waals surface area contributed by atoms with E-state index in [0.717, 1.165) is 24.2 Å². The number of rotatable bonds is 9. The molecule has 1 N–H and O–H groups in total. The highest BCUT2D eigenvalue weighted by Crippen LogP contribution is 2.14. The van der Waals surface area contributed by atoms with Crippen LogP contribution in [0.1, 0.15) is 18.1 Å². The van der Waals surface area contributed by atoms with E-state index in [1.807, 2.05) is 44.2 Å². The summed E-state index contributed by atoms with van der Waals surface area (Å²) in [5.74, 6) is 0.521. The van der Waals surface area contributed by atoms with Gasteiger partial charge in [0, 0.05) is 37.6 Å². The first-order valence-electron chi connectivity index (χ1n) is 8.08. The van der Waals surface area contributed by atoms with Gasteiger partial charge >= 0.3 is 0 Å². The molecule has 0 aromatic carbocycles. The molecule has 0 atom stereocenters. The lowest BCUT2D eigenvalue weighted by Gasteiger charge is -2.13. The van der Waals surface area contributed by atoms with Gasteiger partial charge in [-0.05, 0) is 32.6 Å². The van der Waals surface area contributed by atoms with Crippen LogP contribution in [0.15, 0.2) is 30.7 Å². The summed E-state index contributed by atoms with van der Waals surface area (Å²) in [6, 6.07) is 3.75. The molecule has 7 nitrogen and oxygen atoms in total. The Balaban J connectivity index is 1.85. The molecule has 0 bridgehead atoms. The van der Waals surface area contributed by atoms with Crippen LogP contribution < -0.4 is 10.1 Å². The Labute approximate surface area is 142 Å². The Hall–Kier alpha value is -2.41. The molecule has 0 saturated carbocycles. The van der Waals surface area contributed by atoms with Gasteiger partial charge in [-0.3, -0.25) is 9.48 Å². The molecular weight excluding hydrogens is 306 g/mol. The number of likely N-dealkylation sites (N-methyl/N-ethyl adjacent to an activating group) is 1. The van der Waals surface area contributed by atoms with Crippen molar-refractivity contribution in [2.75, 3.05) is 27.2 Å². The van der Waals surface area contributed by atoms with Crippen LogP contribution in [0.2, 0.25) is 0 Å². The van der Waals surface area contributed by atoms with E-state index in [0.29, 0.717) is 25.5 Å². The first-order valence-corrected chi connectivity index (χ1v) is 8.08. The van der Waals surface area contributed by atoms with Crippen molar-refractivity contribution in [1.29, 1.82) is 0 Å². The minimum Gasteiger partial charge on any atom is -0.476 e. The van der Waals surface area contributed by atoms with Crippen molar-refractivity contribution < 1.29 is 9.53 Å². The van der Waals surface area contributed by atoms with Gasteiger partial charge in [-0.1, -0.05) is 6.07 Å². The molecule has 0 radical (unpaired) electrons. The average molecular weight is 331 g/mol. The largest absolute Gasteiger partial charge is 0.476 e. The smallest absolute Gasteiger partial charge is 0.224 e. The number of amides is 1. The van der Waals surface area contributed by atoms with Crippen LogP contribution in [0.3, 0.4) is 0 Å². The molecule has 1 amide bonds. The molecule has 0 unspecified atom stereocenters. The topological polar surface area (TPSA) is 72.3 Å². The number of ether oxygens (including phenoxy) is 1. The van der Waals surface area contributed by atoms with Crippen LogP contribution in [0.5, 0.6) is 5.88 Å². The Morgan fingerprint density at radius 3 is 2.96 bits per heavy atom. The van der Waals surface area contributed by atoms with Gasteiger partial charge in [-0.25, -0.2) is 4.98 Å². The van der Waals surface area contributed by atoms with Crippen molar-refractivity contribution in [2.24, 2.45) is 0 Å². The van der Waals surface area contributed by atoms with Crippen LogP contribution >= 0.6 is 0 Å². The van der Waals surface area contributed by atoms with E-state index in [1.54, 1.807) is 17.1 Å². The molecule has 0 aliphatic rings. The first-order chi connectivity index (χ1) is 11.6. The summed E-state index contributed by atoms with van der Waals surface area (Å²) in [5, 5.41) is 7.08. The standard InChI is InChI=1S/C17H25N5O2/c1-4-22-13-14(11-20-22)10-16(23)19-12-15-6-5-7-18-17(15)24-9-8-21(2)3/h5-7,11,13H,4,8-10,12H2,1-3H3,(H,19,23). The summed E-state index contributed by atoms with van der Waals surface area (Å²) >= 11 is 0. The molecular formula is C17H25N5O2. The molecule has 130 valence electrons. The molecule has 0 fully saturated rings. The minimum absolute atomic E-state index is 0.0475. The number of aromatic nitrogens is 3. The monoisotopic (exact) mass is 331 g/mol. The normalized spacial score (nSPS) is 10.8. The highest BCUT2D eigenvalue weighted by Gasteiger charge is 2.09. The molecule has 7 heteroatoms. The predicted octanol–water partition coefficient (Wildman–Crippen LogP) is 1.10. The van der Waals surface area contributed by atoms with Gasteiger partial charge in [0.25, 0.3) is 0 Å². The molecule has 0 aliphatic heterocycles. The number of carbonyl (C=O) groups is 1. The number of aryl methyl sites for hydroxylation is 1. The number of nitrogens with zero attached hydrogens (tertiary/aromatic N) is 4. The van der Waals surface area contributed by atoms with Gasteiger partial charge in [0.1, 0.15) is 6.61 Å². The van der Waals surface area contributed by atoms with Crippen molar-refractivity contribution in [3.8, 4) is 5.88 Å². The maximum atomic E-state index is 12.1. The van der Waals surface area contributed by atoms with Crippen molar-refractivity contribution in [3.63, 3.8) is 0 Å². The second kappa shape index (κ2) is 9.02. The van der Waals surface area contributed by atoms with Crippen LogP contribution in [-0.4, -0.2) is 52.8 Å². The molecule has 2 aromatic rings. The van der Waals surface area contributed by atoms with Crippen LogP contribution in [0, 0.1) is 0 Å². The van der Waals surface area contributed by atoms with E-state index in [1.165, 1.54) is 0 Å².